The Bertz CT molecular complexity index is 845. The van der Waals surface area contributed by atoms with Gasteiger partial charge in [-0.25, -0.2) is 0 Å². The zero-order valence-electron chi connectivity index (χ0n) is 28.7. The van der Waals surface area contributed by atoms with Crippen LogP contribution in [0.3, 0.4) is 0 Å². The largest absolute Gasteiger partial charge is 0.297 e. The first-order valence-electron chi connectivity index (χ1n) is 20.0. The Kier molecular flexibility index (Phi) is 11.2. The van der Waals surface area contributed by atoms with Gasteiger partial charge in [0.15, 0.2) is 0 Å². The highest BCUT2D eigenvalue weighted by atomic mass is 15.2. The summed E-state index contributed by atoms with van der Waals surface area (Å²) in [6.07, 6.45) is 35.8. The molecule has 6 rings (SSSR count). The molecule has 42 heavy (non-hydrogen) atoms. The molecule has 0 amide bonds. The van der Waals surface area contributed by atoms with E-state index in [0.717, 1.165) is 71.3 Å². The van der Waals surface area contributed by atoms with Crippen molar-refractivity contribution in [2.24, 2.45) is 59.2 Å². The van der Waals surface area contributed by atoms with Gasteiger partial charge in [-0.1, -0.05) is 97.1 Å². The first kappa shape index (κ1) is 31.7. The Morgan fingerprint density at radius 3 is 2.17 bits per heavy atom. The monoisotopic (exact) mass is 578 g/mol. The summed E-state index contributed by atoms with van der Waals surface area (Å²) in [6.45, 7) is 11.6. The first-order chi connectivity index (χ1) is 20.6. The second kappa shape index (κ2) is 14.9. The van der Waals surface area contributed by atoms with E-state index in [0.29, 0.717) is 0 Å². The molecule has 1 saturated heterocycles. The van der Waals surface area contributed by atoms with Gasteiger partial charge in [0.05, 0.1) is 0 Å². The smallest absolute Gasteiger partial charge is 0.0129 e. The Hall–Kier alpha value is -0.300. The number of hydrogen-bond acceptors (Lipinski definition) is 1. The van der Waals surface area contributed by atoms with Crippen molar-refractivity contribution in [1.82, 2.24) is 4.90 Å². The number of rotatable bonds is 6. The number of nitrogens with zero attached hydrogens (tertiary/aromatic N) is 1. The van der Waals surface area contributed by atoms with E-state index in [1.807, 2.05) is 5.57 Å². The fraction of sp³-hybridized carbons (Fsp3) is 0.951. The predicted octanol–water partition coefficient (Wildman–Crippen LogP) is 11.9. The Balaban J connectivity index is 1.16. The summed E-state index contributed by atoms with van der Waals surface area (Å²) in [7, 11) is 0. The van der Waals surface area contributed by atoms with Crippen molar-refractivity contribution in [2.75, 3.05) is 6.54 Å². The minimum atomic E-state index is 0.876. The molecule has 5 aliphatic carbocycles. The van der Waals surface area contributed by atoms with Crippen molar-refractivity contribution in [1.29, 1.82) is 0 Å². The first-order valence-corrected chi connectivity index (χ1v) is 20.0. The second-order valence-corrected chi connectivity index (χ2v) is 17.2. The highest BCUT2D eigenvalue weighted by molar-refractivity contribution is 5.13. The van der Waals surface area contributed by atoms with E-state index in [4.69, 9.17) is 0 Å². The quantitative estimate of drug-likeness (QED) is 0.284. The minimum Gasteiger partial charge on any atom is -0.297 e. The van der Waals surface area contributed by atoms with Crippen LogP contribution in [0.2, 0.25) is 0 Å². The van der Waals surface area contributed by atoms with Crippen LogP contribution in [-0.4, -0.2) is 23.5 Å². The molecule has 0 bridgehead atoms. The van der Waals surface area contributed by atoms with E-state index in [-0.39, 0.29) is 0 Å². The molecule has 0 aromatic carbocycles. The molecule has 1 heterocycles. The van der Waals surface area contributed by atoms with Gasteiger partial charge in [-0.15, -0.1) is 0 Å². The minimum absolute atomic E-state index is 0.876. The van der Waals surface area contributed by atoms with Gasteiger partial charge in [0, 0.05) is 12.1 Å². The third-order valence-electron chi connectivity index (χ3n) is 15.1. The number of hydrogen-bond donors (Lipinski definition) is 0. The molecule has 4 saturated carbocycles. The maximum Gasteiger partial charge on any atom is 0.0129 e. The third-order valence-corrected chi connectivity index (χ3v) is 15.1. The van der Waals surface area contributed by atoms with Crippen LogP contribution in [0.15, 0.2) is 11.6 Å². The SMILES string of the molecule is CCC1CCCC(C2CC=C(C3CCN(C4CCCCC4)C4CCC(C5CCC(C)CC5)CC4C(C)C3)CC2)C1CC. The number of fused-ring (bicyclic) bond motifs is 1. The molecule has 0 N–H and O–H groups in total. The molecule has 0 aromatic heterocycles. The Morgan fingerprint density at radius 2 is 1.45 bits per heavy atom. The van der Waals surface area contributed by atoms with Crippen LogP contribution >= 0.6 is 0 Å². The molecular formula is C41H71N. The Morgan fingerprint density at radius 1 is 0.667 bits per heavy atom. The van der Waals surface area contributed by atoms with Crippen LogP contribution in [0.1, 0.15) is 169 Å². The molecule has 1 heteroatoms. The van der Waals surface area contributed by atoms with E-state index in [1.54, 1.807) is 25.7 Å². The molecule has 240 valence electrons. The lowest BCUT2D eigenvalue weighted by atomic mass is 9.61. The van der Waals surface area contributed by atoms with Crippen molar-refractivity contribution >= 4 is 0 Å². The third kappa shape index (κ3) is 7.07. The maximum atomic E-state index is 3.19. The molecule has 1 aliphatic heterocycles. The normalized spacial score (nSPS) is 45.0. The lowest BCUT2D eigenvalue weighted by Crippen LogP contribution is -2.53. The van der Waals surface area contributed by atoms with Crippen molar-refractivity contribution < 1.29 is 0 Å². The van der Waals surface area contributed by atoms with Crippen LogP contribution in [-0.2, 0) is 0 Å². The predicted molar refractivity (Wildman–Crippen MR) is 182 cm³/mol. The van der Waals surface area contributed by atoms with Crippen LogP contribution in [0, 0.1) is 59.2 Å². The summed E-state index contributed by atoms with van der Waals surface area (Å²) in [5.74, 6) is 9.85. The summed E-state index contributed by atoms with van der Waals surface area (Å²) in [4.78, 5) is 3.19. The molecular weight excluding hydrogens is 506 g/mol. The van der Waals surface area contributed by atoms with Gasteiger partial charge in [-0.2, -0.15) is 0 Å². The van der Waals surface area contributed by atoms with Gasteiger partial charge in [0.1, 0.15) is 0 Å². The highest BCUT2D eigenvalue weighted by Gasteiger charge is 2.44. The lowest BCUT2D eigenvalue weighted by Gasteiger charge is -2.52. The van der Waals surface area contributed by atoms with Crippen LogP contribution in [0.25, 0.3) is 0 Å². The lowest BCUT2D eigenvalue weighted by molar-refractivity contribution is -0.0185. The molecule has 6 aliphatic rings. The summed E-state index contributed by atoms with van der Waals surface area (Å²) in [6, 6.07) is 1.80. The average molecular weight is 578 g/mol. The summed E-state index contributed by atoms with van der Waals surface area (Å²) >= 11 is 0. The van der Waals surface area contributed by atoms with E-state index < -0.39 is 0 Å². The van der Waals surface area contributed by atoms with Crippen LogP contribution in [0.4, 0.5) is 0 Å². The van der Waals surface area contributed by atoms with Crippen LogP contribution < -0.4 is 0 Å². The standard InChI is InChI=1S/C41H71N/c1-5-31-11-10-14-39(38(31)6-2)34-21-19-33(20-22-34)36-25-26-42(37-12-8-7-9-13-37)41-24-23-35(28-40(41)30(4)27-36)32-17-15-29(3)16-18-32/h19,29-32,34-41H,5-18,20-28H2,1-4H3. The molecule has 9 unspecified atom stereocenters. The summed E-state index contributed by atoms with van der Waals surface area (Å²) in [5.41, 5.74) is 1.92. The van der Waals surface area contributed by atoms with E-state index in [2.05, 4.69) is 38.7 Å². The Labute approximate surface area is 262 Å². The molecule has 0 radical (unpaired) electrons. The zero-order valence-corrected chi connectivity index (χ0v) is 28.7. The number of likely N-dealkylation sites (tertiary alicyclic amines) is 1. The maximum absolute atomic E-state index is 3.19. The van der Waals surface area contributed by atoms with Crippen molar-refractivity contribution in [3.05, 3.63) is 11.6 Å². The number of allylic oxidation sites excluding steroid dienone is 2. The van der Waals surface area contributed by atoms with E-state index in [9.17, 15) is 0 Å². The van der Waals surface area contributed by atoms with E-state index >= 15 is 0 Å². The summed E-state index contributed by atoms with van der Waals surface area (Å²) < 4.78 is 0. The van der Waals surface area contributed by atoms with Crippen molar-refractivity contribution in [2.45, 2.75) is 181 Å². The topological polar surface area (TPSA) is 3.24 Å². The fourth-order valence-corrected chi connectivity index (χ4v) is 12.6. The average Bonchev–Trinajstić information content (AvgIpc) is 3.04. The molecule has 5 fully saturated rings. The molecule has 1 nitrogen and oxygen atoms in total. The molecule has 0 spiro atoms. The molecule has 9 atom stereocenters. The van der Waals surface area contributed by atoms with Gasteiger partial charge in [0.2, 0.25) is 0 Å². The molecule has 0 aromatic rings. The van der Waals surface area contributed by atoms with Crippen LogP contribution in [0.5, 0.6) is 0 Å². The summed E-state index contributed by atoms with van der Waals surface area (Å²) in [5, 5.41) is 0. The van der Waals surface area contributed by atoms with Gasteiger partial charge in [-0.3, -0.25) is 4.90 Å². The van der Waals surface area contributed by atoms with Gasteiger partial charge in [0.25, 0.3) is 0 Å². The highest BCUT2D eigenvalue weighted by Crippen LogP contribution is 2.50. The van der Waals surface area contributed by atoms with Gasteiger partial charge < -0.3 is 0 Å². The zero-order chi connectivity index (χ0) is 29.1. The second-order valence-electron chi connectivity index (χ2n) is 17.2. The van der Waals surface area contributed by atoms with Gasteiger partial charge >= 0.3 is 0 Å². The van der Waals surface area contributed by atoms with E-state index in [1.165, 1.54) is 122 Å². The van der Waals surface area contributed by atoms with Crippen molar-refractivity contribution in [3.8, 4) is 0 Å². The van der Waals surface area contributed by atoms with Crippen molar-refractivity contribution in [3.63, 3.8) is 0 Å². The fourth-order valence-electron chi connectivity index (χ4n) is 12.6. The van der Waals surface area contributed by atoms with Gasteiger partial charge in [-0.05, 0) is 149 Å².